The van der Waals surface area contributed by atoms with Crippen LogP contribution in [0, 0.1) is 11.7 Å². The SMILES string of the molecule is O=C(NCc1cc(C(F)(F)F)cc(C(F)(F)F)c1)C1CCN(C(=O)O)CC1c1ccc(F)cc1. The molecule has 2 amide bonds. The molecule has 5 nitrogen and oxygen atoms in total. The van der Waals surface area contributed by atoms with Crippen molar-refractivity contribution < 1.29 is 45.4 Å². The number of nitrogens with one attached hydrogen (secondary N) is 1. The third kappa shape index (κ3) is 5.97. The van der Waals surface area contributed by atoms with Crippen LogP contribution in [0.3, 0.4) is 0 Å². The van der Waals surface area contributed by atoms with Crippen LogP contribution in [0.25, 0.3) is 0 Å². The summed E-state index contributed by atoms with van der Waals surface area (Å²) in [6.07, 6.45) is -11.2. The van der Waals surface area contributed by atoms with Gasteiger partial charge in [-0.05, 0) is 47.9 Å². The Hall–Kier alpha value is -3.31. The van der Waals surface area contributed by atoms with E-state index in [0.29, 0.717) is 17.7 Å². The molecule has 2 aromatic rings. The average Bonchev–Trinajstić information content (AvgIpc) is 2.76. The molecule has 2 unspecified atom stereocenters. The molecule has 1 heterocycles. The highest BCUT2D eigenvalue weighted by atomic mass is 19.4. The number of carboxylic acid groups (broad SMARTS) is 1. The fourth-order valence-electron chi connectivity index (χ4n) is 3.93. The molecule has 0 radical (unpaired) electrons. The van der Waals surface area contributed by atoms with Crippen molar-refractivity contribution in [3.8, 4) is 0 Å². The molecule has 0 saturated carbocycles. The van der Waals surface area contributed by atoms with Gasteiger partial charge in [0.2, 0.25) is 5.91 Å². The lowest BCUT2D eigenvalue weighted by atomic mass is 9.80. The van der Waals surface area contributed by atoms with Crippen LogP contribution in [0.15, 0.2) is 42.5 Å². The Morgan fingerprint density at radius 1 is 0.971 bits per heavy atom. The Morgan fingerprint density at radius 3 is 2.03 bits per heavy atom. The van der Waals surface area contributed by atoms with Gasteiger partial charge in [0.25, 0.3) is 0 Å². The van der Waals surface area contributed by atoms with Crippen LogP contribution in [0.5, 0.6) is 0 Å². The van der Waals surface area contributed by atoms with Crippen LogP contribution in [0.1, 0.15) is 34.6 Å². The van der Waals surface area contributed by atoms with Gasteiger partial charge in [0.1, 0.15) is 5.82 Å². The number of halogens is 7. The van der Waals surface area contributed by atoms with Crippen molar-refractivity contribution in [3.05, 3.63) is 70.5 Å². The number of piperidine rings is 1. The Labute approximate surface area is 189 Å². The second-order valence-electron chi connectivity index (χ2n) is 7.91. The summed E-state index contributed by atoms with van der Waals surface area (Å²) in [4.78, 5) is 25.3. The molecule has 0 spiro atoms. The number of carbonyl (C=O) groups excluding carboxylic acids is 1. The minimum atomic E-state index is -5.02. The van der Waals surface area contributed by atoms with E-state index >= 15 is 0 Å². The number of hydrogen-bond acceptors (Lipinski definition) is 2. The fourth-order valence-corrected chi connectivity index (χ4v) is 3.93. The molecule has 0 aromatic heterocycles. The normalized spacial score (nSPS) is 19.1. The van der Waals surface area contributed by atoms with E-state index in [9.17, 15) is 45.4 Å². The van der Waals surface area contributed by atoms with Gasteiger partial charge in [0.05, 0.1) is 11.1 Å². The van der Waals surface area contributed by atoms with E-state index in [2.05, 4.69) is 5.32 Å². The molecule has 2 atom stereocenters. The minimum absolute atomic E-state index is 0.00247. The van der Waals surface area contributed by atoms with E-state index in [1.165, 1.54) is 12.1 Å². The number of nitrogens with zero attached hydrogens (tertiary/aromatic N) is 1. The van der Waals surface area contributed by atoms with Gasteiger partial charge in [-0.25, -0.2) is 9.18 Å². The molecule has 1 fully saturated rings. The standard InChI is InChI=1S/C22H19F7N2O3/c23-16-3-1-13(2-4-16)18-11-31(20(33)34)6-5-17(18)19(32)30-10-12-7-14(21(24,25)26)9-15(8-12)22(27,28)29/h1-4,7-9,17-18H,5-6,10-11H2,(H,30,32)(H,33,34). The number of hydrogen-bond donors (Lipinski definition) is 2. The van der Waals surface area contributed by atoms with E-state index in [-0.39, 0.29) is 25.6 Å². The maximum atomic E-state index is 13.3. The van der Waals surface area contributed by atoms with Gasteiger partial charge in [0, 0.05) is 31.5 Å². The summed E-state index contributed by atoms with van der Waals surface area (Å²) in [7, 11) is 0. The third-order valence-electron chi connectivity index (χ3n) is 5.63. The first-order valence-corrected chi connectivity index (χ1v) is 10.0. The third-order valence-corrected chi connectivity index (χ3v) is 5.63. The molecular weight excluding hydrogens is 473 g/mol. The Balaban J connectivity index is 1.82. The zero-order valence-electron chi connectivity index (χ0n) is 17.4. The lowest BCUT2D eigenvalue weighted by Crippen LogP contribution is -2.47. The molecule has 3 rings (SSSR count). The highest BCUT2D eigenvalue weighted by Gasteiger charge is 2.38. The predicted octanol–water partition coefficient (Wildman–Crippen LogP) is 5.26. The van der Waals surface area contributed by atoms with Gasteiger partial charge in [0.15, 0.2) is 0 Å². The maximum Gasteiger partial charge on any atom is 0.416 e. The summed E-state index contributed by atoms with van der Waals surface area (Å²) >= 11 is 0. The predicted molar refractivity (Wildman–Crippen MR) is 105 cm³/mol. The van der Waals surface area contributed by atoms with Crippen LogP contribution in [0.2, 0.25) is 0 Å². The van der Waals surface area contributed by atoms with Gasteiger partial charge >= 0.3 is 18.4 Å². The van der Waals surface area contributed by atoms with Crippen molar-refractivity contribution in [1.82, 2.24) is 10.2 Å². The lowest BCUT2D eigenvalue weighted by molar-refractivity contribution is -0.143. The summed E-state index contributed by atoms with van der Waals surface area (Å²) in [6.45, 7) is -0.672. The number of likely N-dealkylation sites (tertiary alicyclic amines) is 1. The smallest absolute Gasteiger partial charge is 0.416 e. The number of rotatable bonds is 4. The summed E-state index contributed by atoms with van der Waals surface area (Å²) < 4.78 is 91.7. The van der Waals surface area contributed by atoms with Gasteiger partial charge < -0.3 is 15.3 Å². The molecular formula is C22H19F7N2O3. The summed E-state index contributed by atoms with van der Waals surface area (Å²) in [5.74, 6) is -2.71. The number of benzene rings is 2. The van der Waals surface area contributed by atoms with Crippen molar-refractivity contribution in [3.63, 3.8) is 0 Å². The first-order valence-electron chi connectivity index (χ1n) is 10.0. The molecule has 1 aliphatic heterocycles. The van der Waals surface area contributed by atoms with E-state index in [4.69, 9.17) is 0 Å². The quantitative estimate of drug-likeness (QED) is 0.572. The van der Waals surface area contributed by atoms with Crippen molar-refractivity contribution in [2.24, 2.45) is 5.92 Å². The second-order valence-corrected chi connectivity index (χ2v) is 7.91. The Kier molecular flexibility index (Phi) is 7.08. The van der Waals surface area contributed by atoms with Gasteiger partial charge in [-0.3, -0.25) is 4.79 Å². The van der Waals surface area contributed by atoms with Crippen LogP contribution < -0.4 is 5.32 Å². The van der Waals surface area contributed by atoms with E-state index in [1.807, 2.05) is 0 Å². The summed E-state index contributed by atoms with van der Waals surface area (Å²) in [5.41, 5.74) is -2.90. The van der Waals surface area contributed by atoms with E-state index in [0.717, 1.165) is 17.0 Å². The zero-order valence-corrected chi connectivity index (χ0v) is 17.4. The van der Waals surface area contributed by atoms with E-state index < -0.39 is 65.2 Å². The molecule has 1 aliphatic rings. The van der Waals surface area contributed by atoms with E-state index in [1.54, 1.807) is 0 Å². The highest BCUT2D eigenvalue weighted by molar-refractivity contribution is 5.80. The Bertz CT molecular complexity index is 1020. The zero-order chi connectivity index (χ0) is 25.3. The average molecular weight is 492 g/mol. The van der Waals surface area contributed by atoms with Gasteiger partial charge in [-0.15, -0.1) is 0 Å². The topological polar surface area (TPSA) is 69.6 Å². The van der Waals surface area contributed by atoms with Crippen molar-refractivity contribution in [2.75, 3.05) is 13.1 Å². The molecule has 2 N–H and O–H groups in total. The largest absolute Gasteiger partial charge is 0.465 e. The second kappa shape index (κ2) is 9.51. The maximum absolute atomic E-state index is 13.3. The van der Waals surface area contributed by atoms with Crippen LogP contribution in [-0.4, -0.2) is 35.1 Å². The van der Waals surface area contributed by atoms with Crippen molar-refractivity contribution >= 4 is 12.0 Å². The number of amides is 2. The highest BCUT2D eigenvalue weighted by Crippen LogP contribution is 2.37. The van der Waals surface area contributed by atoms with Crippen LogP contribution in [0.4, 0.5) is 35.5 Å². The summed E-state index contributed by atoms with van der Waals surface area (Å²) in [5, 5.41) is 11.7. The molecule has 1 saturated heterocycles. The molecule has 34 heavy (non-hydrogen) atoms. The molecule has 2 aromatic carbocycles. The van der Waals surface area contributed by atoms with Gasteiger partial charge in [-0.2, -0.15) is 26.3 Å². The Morgan fingerprint density at radius 2 is 1.53 bits per heavy atom. The lowest BCUT2D eigenvalue weighted by Gasteiger charge is -2.36. The molecule has 0 bridgehead atoms. The van der Waals surface area contributed by atoms with Crippen molar-refractivity contribution in [2.45, 2.75) is 31.2 Å². The minimum Gasteiger partial charge on any atom is -0.465 e. The fraction of sp³-hybridized carbons (Fsp3) is 0.364. The van der Waals surface area contributed by atoms with Gasteiger partial charge in [-0.1, -0.05) is 12.1 Å². The first-order chi connectivity index (χ1) is 15.8. The van der Waals surface area contributed by atoms with Crippen LogP contribution in [-0.2, 0) is 23.7 Å². The van der Waals surface area contributed by atoms with Crippen LogP contribution >= 0.6 is 0 Å². The summed E-state index contributed by atoms with van der Waals surface area (Å²) in [6, 6.07) is 6.14. The first kappa shape index (κ1) is 25.3. The van der Waals surface area contributed by atoms with Crippen molar-refractivity contribution in [1.29, 1.82) is 0 Å². The molecule has 184 valence electrons. The molecule has 0 aliphatic carbocycles. The number of alkyl halides is 6. The number of carbonyl (C=O) groups is 2. The monoisotopic (exact) mass is 492 g/mol. The molecule has 12 heteroatoms.